The summed E-state index contributed by atoms with van der Waals surface area (Å²) in [5, 5.41) is 23.1. The predicted octanol–water partition coefficient (Wildman–Crippen LogP) is 5.26. The molecule has 5 nitrogen and oxygen atoms in total. The molecule has 46 heavy (non-hydrogen) atoms. The Labute approximate surface area is 287 Å². The van der Waals surface area contributed by atoms with Gasteiger partial charge >= 0.3 is 20.4 Å². The van der Waals surface area contributed by atoms with Crippen LogP contribution < -0.4 is 37.6 Å². The van der Waals surface area contributed by atoms with E-state index in [1.54, 1.807) is 0 Å². The van der Waals surface area contributed by atoms with Crippen LogP contribution in [0.2, 0.25) is 0 Å². The van der Waals surface area contributed by atoms with Gasteiger partial charge in [-0.3, -0.25) is 0 Å². The van der Waals surface area contributed by atoms with E-state index in [1.165, 1.54) is 27.3 Å². The number of benzene rings is 5. The van der Waals surface area contributed by atoms with E-state index in [4.69, 9.17) is 19.8 Å². The smallest absolute Gasteiger partial charge is 0.550 e. The Morgan fingerprint density at radius 1 is 0.587 bits per heavy atom. The first-order valence-corrected chi connectivity index (χ1v) is 16.2. The van der Waals surface area contributed by atoms with Crippen LogP contribution in [0, 0.1) is 31.0 Å². The van der Waals surface area contributed by atoms with Crippen molar-refractivity contribution in [3.63, 3.8) is 0 Å². The first kappa shape index (κ1) is 44.5. The molecule has 5 aromatic carbocycles. The monoisotopic (exact) mass is 752 g/mol. The van der Waals surface area contributed by atoms with Gasteiger partial charge in [0.2, 0.25) is 0 Å². The van der Waals surface area contributed by atoms with Crippen LogP contribution in [0.15, 0.2) is 140 Å². The number of carbonyl (C=O) groups is 2. The second kappa shape index (κ2) is 26.6. The van der Waals surface area contributed by atoms with Crippen LogP contribution >= 0.6 is 15.8 Å². The fourth-order valence-corrected chi connectivity index (χ4v) is 5.87. The Balaban J connectivity index is 0. The molecule has 0 saturated carbocycles. The minimum absolute atomic E-state index is 0. The summed E-state index contributed by atoms with van der Waals surface area (Å²) in [6.07, 6.45) is 0. The molecule has 0 aromatic heterocycles. The molecule has 0 atom stereocenters. The number of rotatable bonds is 4. The predicted molar refractivity (Wildman–Crippen MR) is 180 cm³/mol. The number of carboxylic acids is 2. The first-order chi connectivity index (χ1) is 21.0. The molecular formula is C36H36F2NO4P2Pd-3. The van der Waals surface area contributed by atoms with Crippen molar-refractivity contribution >= 4 is 49.0 Å². The number of halogens is 2. The van der Waals surface area contributed by atoms with Crippen molar-refractivity contribution in [2.24, 2.45) is 0 Å². The van der Waals surface area contributed by atoms with Gasteiger partial charge in [-0.15, -0.1) is 18.2 Å². The van der Waals surface area contributed by atoms with Crippen molar-refractivity contribution in [3.8, 4) is 0 Å². The maximum atomic E-state index is 11.9. The molecule has 5 rings (SSSR count). The largest absolute Gasteiger partial charge is 2.00 e. The summed E-state index contributed by atoms with van der Waals surface area (Å²) in [6, 6.07) is 47.1. The van der Waals surface area contributed by atoms with Crippen molar-refractivity contribution < 1.29 is 49.0 Å². The fraction of sp³-hybridized carbons (Fsp3) is 0.0556. The summed E-state index contributed by atoms with van der Waals surface area (Å²) in [7, 11) is -0.842. The number of hydrogen-bond acceptors (Lipinski definition) is 5. The molecule has 3 N–H and O–H groups in total. The Kier molecular flexibility index (Phi) is 25.7. The summed E-state index contributed by atoms with van der Waals surface area (Å²) in [5.74, 6) is -3.40. The van der Waals surface area contributed by atoms with Gasteiger partial charge in [-0.1, -0.05) is 143 Å². The van der Waals surface area contributed by atoms with Gasteiger partial charge in [-0.25, -0.2) is 24.6 Å². The van der Waals surface area contributed by atoms with Crippen molar-refractivity contribution in [1.29, 1.82) is 0 Å². The Hall–Kier alpha value is -3.62. The molecule has 0 heterocycles. The SMILES string of the molecule is CC(=O)[O-].CC(=O)[O-].Fc1[c-]ccc(F)c1.N.[CH2-]P(c1ccccc1)c1ccccc1.[CH2-]P(c1ccccc1)c1ccccc1.[Pd+2]. The van der Waals surface area contributed by atoms with Gasteiger partial charge in [-0.05, 0) is 13.8 Å². The number of aliphatic carboxylic acids is 2. The van der Waals surface area contributed by atoms with E-state index in [0.29, 0.717) is 0 Å². The van der Waals surface area contributed by atoms with Crippen molar-refractivity contribution in [1.82, 2.24) is 6.15 Å². The molecule has 10 heteroatoms. The topological polar surface area (TPSA) is 115 Å². The van der Waals surface area contributed by atoms with E-state index in [-0.39, 0.29) is 26.6 Å². The van der Waals surface area contributed by atoms with Crippen LogP contribution in [0.5, 0.6) is 0 Å². The van der Waals surface area contributed by atoms with Gasteiger partial charge < -0.3 is 39.3 Å². The van der Waals surface area contributed by atoms with Crippen LogP contribution in [-0.4, -0.2) is 11.9 Å². The summed E-state index contributed by atoms with van der Waals surface area (Å²) in [4.78, 5) is 17.8. The van der Waals surface area contributed by atoms with E-state index in [2.05, 4.69) is 116 Å². The average molecular weight is 753 g/mol. The molecule has 5 aromatic rings. The number of hydrogen-bond donors (Lipinski definition) is 1. The van der Waals surface area contributed by atoms with Gasteiger partial charge in [-0.2, -0.15) is 6.07 Å². The maximum Gasteiger partial charge on any atom is 2.00 e. The summed E-state index contributed by atoms with van der Waals surface area (Å²) in [5.41, 5.74) is 0. The molecule has 0 fully saturated rings. The third-order valence-electron chi connectivity index (χ3n) is 5.00. The van der Waals surface area contributed by atoms with Gasteiger partial charge in [0.05, 0.1) is 0 Å². The van der Waals surface area contributed by atoms with Crippen molar-refractivity contribution in [3.05, 3.63) is 171 Å². The normalized spacial score (nSPS) is 9.04. The molecule has 0 amide bonds. The van der Waals surface area contributed by atoms with E-state index < -0.39 is 39.4 Å². The van der Waals surface area contributed by atoms with Gasteiger partial charge in [0.25, 0.3) is 0 Å². The summed E-state index contributed by atoms with van der Waals surface area (Å²) < 4.78 is 23.8. The minimum atomic E-state index is -1.08. The second-order valence-electron chi connectivity index (χ2n) is 8.54. The minimum Gasteiger partial charge on any atom is -0.550 e. The Morgan fingerprint density at radius 3 is 1.00 bits per heavy atom. The summed E-state index contributed by atoms with van der Waals surface area (Å²) >= 11 is 0. The summed E-state index contributed by atoms with van der Waals surface area (Å²) in [6.45, 7) is 10.4. The van der Waals surface area contributed by atoms with Crippen molar-refractivity contribution in [2.75, 3.05) is 0 Å². The third-order valence-corrected chi connectivity index (χ3v) is 8.69. The molecule has 0 aliphatic carbocycles. The first-order valence-electron chi connectivity index (χ1n) is 13.1. The van der Waals surface area contributed by atoms with Crippen LogP contribution in [-0.2, 0) is 30.0 Å². The average Bonchev–Trinajstić information content (AvgIpc) is 3.02. The second-order valence-corrected chi connectivity index (χ2v) is 12.3. The van der Waals surface area contributed by atoms with Gasteiger partial charge in [0, 0.05) is 23.6 Å². The van der Waals surface area contributed by atoms with E-state index in [1.807, 2.05) is 24.3 Å². The molecule has 0 saturated heterocycles. The standard InChI is InChI=1S/2C13H12P.C6H3F2.2C2H4O2.H3N.Pd/c2*1-14(12-8-4-2-5-9-12)13-10-6-3-7-11-13;7-5-2-1-3-6(8)4-5;2*1-2(3)4;;/h2*2-11H,1H2;1-2,4H;2*1H3,(H,3,4);1H3;/q3*-1;;;;+2/p-2. The number of carboxylic acid groups (broad SMARTS) is 2. The Morgan fingerprint density at radius 2 is 0.826 bits per heavy atom. The molecule has 0 radical (unpaired) electrons. The van der Waals surface area contributed by atoms with Crippen LogP contribution in [0.3, 0.4) is 0 Å². The van der Waals surface area contributed by atoms with Gasteiger partial charge in [0.1, 0.15) is 0 Å². The van der Waals surface area contributed by atoms with Crippen LogP contribution in [0.4, 0.5) is 8.78 Å². The third kappa shape index (κ3) is 21.2. The molecular weight excluding hydrogens is 717 g/mol. The van der Waals surface area contributed by atoms with Gasteiger partial charge in [0.15, 0.2) is 0 Å². The Bertz CT molecular complexity index is 1290. The molecule has 246 valence electrons. The van der Waals surface area contributed by atoms with E-state index >= 15 is 0 Å². The molecule has 0 aliphatic rings. The van der Waals surface area contributed by atoms with E-state index in [9.17, 15) is 8.78 Å². The zero-order valence-electron chi connectivity index (χ0n) is 25.5. The quantitative estimate of drug-likeness (QED) is 0.153. The van der Waals surface area contributed by atoms with E-state index in [0.717, 1.165) is 26.0 Å². The molecule has 0 spiro atoms. The zero-order valence-corrected chi connectivity index (χ0v) is 28.8. The zero-order chi connectivity index (χ0) is 32.7. The fourth-order valence-electron chi connectivity index (χ4n) is 3.14. The molecule has 0 bridgehead atoms. The van der Waals surface area contributed by atoms with Crippen LogP contribution in [0.1, 0.15) is 13.8 Å². The van der Waals surface area contributed by atoms with Crippen molar-refractivity contribution in [2.45, 2.75) is 13.8 Å². The molecule has 0 aliphatic heterocycles. The van der Waals surface area contributed by atoms with Crippen LogP contribution in [0.25, 0.3) is 0 Å². The molecule has 0 unspecified atom stereocenters. The maximum absolute atomic E-state index is 11.9. The number of carbonyl (C=O) groups excluding carboxylic acids is 2.